The second-order valence-corrected chi connectivity index (χ2v) is 6.55. The predicted molar refractivity (Wildman–Crippen MR) is 122 cm³/mol. The van der Waals surface area contributed by atoms with Crippen molar-refractivity contribution in [3.05, 3.63) is 50.9 Å². The normalized spacial score (nSPS) is 10.9. The van der Waals surface area contributed by atoms with Gasteiger partial charge in [-0.25, -0.2) is 4.99 Å². The van der Waals surface area contributed by atoms with Crippen molar-refractivity contribution in [2.75, 3.05) is 19.7 Å². The van der Waals surface area contributed by atoms with E-state index in [0.717, 1.165) is 0 Å². The van der Waals surface area contributed by atoms with Crippen LogP contribution in [-0.4, -0.2) is 31.6 Å². The minimum atomic E-state index is -0.619. The van der Waals surface area contributed by atoms with E-state index >= 15 is 0 Å². The van der Waals surface area contributed by atoms with Gasteiger partial charge in [-0.2, -0.15) is 0 Å². The van der Waals surface area contributed by atoms with Gasteiger partial charge in [0.15, 0.2) is 17.5 Å². The topological polar surface area (TPSA) is 102 Å². The summed E-state index contributed by atoms with van der Waals surface area (Å²) in [6.45, 7) is 3.62. The number of aliphatic imine (C=N–C) groups is 1. The maximum Gasteiger partial charge on any atom is 0.284 e. The van der Waals surface area contributed by atoms with Crippen molar-refractivity contribution >= 4 is 70.6 Å². The summed E-state index contributed by atoms with van der Waals surface area (Å²) in [5.41, 5.74) is 5.16. The molecule has 4 N–H and O–H groups in total. The van der Waals surface area contributed by atoms with Crippen LogP contribution in [0.5, 0.6) is 5.75 Å². The van der Waals surface area contributed by atoms with Crippen molar-refractivity contribution in [3.63, 3.8) is 0 Å². The Balaban J connectivity index is 0.00000392. The lowest BCUT2D eigenvalue weighted by Gasteiger charge is -2.13. The van der Waals surface area contributed by atoms with Crippen molar-refractivity contribution in [1.29, 1.82) is 0 Å². The molecule has 1 amide bonds. The van der Waals surface area contributed by atoms with E-state index in [1.54, 1.807) is 18.2 Å². The Morgan fingerprint density at radius 2 is 1.89 bits per heavy atom. The zero-order valence-corrected chi connectivity index (χ0v) is 19.5. The second kappa shape index (κ2) is 12.3. The van der Waals surface area contributed by atoms with Crippen molar-refractivity contribution in [2.45, 2.75) is 13.5 Å². The number of carbonyl (C=O) groups is 1. The largest absolute Gasteiger partial charge is 0.489 e. The lowest BCUT2D eigenvalue weighted by atomic mass is 10.3. The van der Waals surface area contributed by atoms with Gasteiger partial charge < -0.3 is 25.5 Å². The molecule has 0 aliphatic carbocycles. The summed E-state index contributed by atoms with van der Waals surface area (Å²) in [6, 6.07) is 6.29. The van der Waals surface area contributed by atoms with Gasteiger partial charge in [0.1, 0.15) is 18.9 Å². The highest BCUT2D eigenvalue weighted by Gasteiger charge is 2.10. The maximum atomic E-state index is 11.0. The number of benzene rings is 1. The highest BCUT2D eigenvalue weighted by atomic mass is 127. The Labute approximate surface area is 195 Å². The van der Waals surface area contributed by atoms with Crippen molar-refractivity contribution in [3.8, 4) is 5.75 Å². The molecule has 0 fully saturated rings. The Morgan fingerprint density at radius 1 is 1.21 bits per heavy atom. The van der Waals surface area contributed by atoms with Gasteiger partial charge in [-0.3, -0.25) is 4.79 Å². The number of amides is 1. The molecule has 0 aliphatic rings. The number of furan rings is 1. The maximum absolute atomic E-state index is 11.0. The predicted octanol–water partition coefficient (Wildman–Crippen LogP) is 4.09. The Bertz CT molecular complexity index is 807. The van der Waals surface area contributed by atoms with E-state index in [4.69, 9.17) is 49.7 Å². The zero-order chi connectivity index (χ0) is 19.8. The lowest BCUT2D eigenvalue weighted by molar-refractivity contribution is 0.0972. The SMILES string of the molecule is CCNC(=NCc1ccc(C(N)=O)o1)NCCOc1c(Cl)cc(Cl)cc1Cl.I. The van der Waals surface area contributed by atoms with Crippen LogP contribution in [0, 0.1) is 0 Å². The summed E-state index contributed by atoms with van der Waals surface area (Å²) >= 11 is 18.0. The van der Waals surface area contributed by atoms with E-state index in [0.29, 0.717) is 52.2 Å². The molecule has 0 aliphatic heterocycles. The van der Waals surface area contributed by atoms with Gasteiger partial charge >= 0.3 is 0 Å². The first kappa shape index (κ1) is 24.7. The highest BCUT2D eigenvalue weighted by Crippen LogP contribution is 2.35. The molecule has 154 valence electrons. The molecule has 1 aromatic heterocycles. The van der Waals surface area contributed by atoms with Crippen LogP contribution in [0.3, 0.4) is 0 Å². The summed E-state index contributed by atoms with van der Waals surface area (Å²) < 4.78 is 10.9. The molecule has 0 unspecified atom stereocenters. The van der Waals surface area contributed by atoms with Gasteiger partial charge in [0, 0.05) is 11.6 Å². The minimum Gasteiger partial charge on any atom is -0.489 e. The Hall–Kier alpha value is -1.36. The molecule has 28 heavy (non-hydrogen) atoms. The summed E-state index contributed by atoms with van der Waals surface area (Å²) in [6.07, 6.45) is 0. The van der Waals surface area contributed by atoms with Crippen LogP contribution in [0.4, 0.5) is 0 Å². The van der Waals surface area contributed by atoms with E-state index in [9.17, 15) is 4.79 Å². The molecule has 2 aromatic rings. The molecular formula is C17H20Cl3IN4O3. The minimum absolute atomic E-state index is 0. The molecular weight excluding hydrogens is 541 g/mol. The van der Waals surface area contributed by atoms with Gasteiger partial charge in [-0.15, -0.1) is 24.0 Å². The van der Waals surface area contributed by atoms with E-state index < -0.39 is 5.91 Å². The fourth-order valence-corrected chi connectivity index (χ4v) is 3.01. The van der Waals surface area contributed by atoms with Crippen molar-refractivity contribution in [2.24, 2.45) is 10.7 Å². The van der Waals surface area contributed by atoms with Crippen molar-refractivity contribution in [1.82, 2.24) is 10.6 Å². The first-order valence-corrected chi connectivity index (χ1v) is 9.22. The van der Waals surface area contributed by atoms with Gasteiger partial charge in [-0.05, 0) is 31.2 Å². The molecule has 0 saturated carbocycles. The summed E-state index contributed by atoms with van der Waals surface area (Å²) in [5, 5.41) is 7.33. The Morgan fingerprint density at radius 3 is 2.46 bits per heavy atom. The number of carbonyl (C=O) groups excluding carboxylic acids is 1. The van der Waals surface area contributed by atoms with Gasteiger partial charge in [0.05, 0.1) is 16.6 Å². The molecule has 0 bridgehead atoms. The average molecular weight is 562 g/mol. The summed E-state index contributed by atoms with van der Waals surface area (Å²) in [5.74, 6) is 0.944. The van der Waals surface area contributed by atoms with Crippen molar-refractivity contribution < 1.29 is 13.9 Å². The third kappa shape index (κ3) is 7.57. The quantitative estimate of drug-likeness (QED) is 0.195. The summed E-state index contributed by atoms with van der Waals surface area (Å²) in [7, 11) is 0. The number of ether oxygens (including phenoxy) is 1. The van der Waals surface area contributed by atoms with Gasteiger partial charge in [0.25, 0.3) is 5.91 Å². The second-order valence-electron chi connectivity index (χ2n) is 5.30. The number of nitrogens with zero attached hydrogens (tertiary/aromatic N) is 1. The highest BCUT2D eigenvalue weighted by molar-refractivity contribution is 14.0. The third-order valence-electron chi connectivity index (χ3n) is 3.25. The van der Waals surface area contributed by atoms with Gasteiger partial charge in [0.2, 0.25) is 0 Å². The van der Waals surface area contributed by atoms with Gasteiger partial charge in [-0.1, -0.05) is 34.8 Å². The molecule has 11 heteroatoms. The fraction of sp³-hybridized carbons (Fsp3) is 0.294. The number of rotatable bonds is 8. The van der Waals surface area contributed by atoms with Crippen LogP contribution in [0.1, 0.15) is 23.2 Å². The molecule has 1 heterocycles. The molecule has 2 rings (SSSR count). The smallest absolute Gasteiger partial charge is 0.284 e. The molecule has 7 nitrogen and oxygen atoms in total. The number of nitrogens with two attached hydrogens (primary N) is 1. The number of nitrogens with one attached hydrogen (secondary N) is 2. The molecule has 0 saturated heterocycles. The standard InChI is InChI=1S/C17H19Cl3N4O3.HI/c1-2-22-17(24-9-11-3-4-14(27-11)16(21)25)23-5-6-26-15-12(19)7-10(18)8-13(15)20;/h3-4,7-8H,2,5-6,9H2,1H3,(H2,21,25)(H2,22,23,24);1H. The molecule has 1 aromatic carbocycles. The van der Waals surface area contributed by atoms with Crippen LogP contribution in [0.2, 0.25) is 15.1 Å². The number of hydrogen-bond acceptors (Lipinski definition) is 4. The summed E-state index contributed by atoms with van der Waals surface area (Å²) in [4.78, 5) is 15.4. The first-order valence-electron chi connectivity index (χ1n) is 8.08. The lowest BCUT2D eigenvalue weighted by Crippen LogP contribution is -2.39. The van der Waals surface area contributed by atoms with Crippen LogP contribution in [-0.2, 0) is 6.54 Å². The van der Waals surface area contributed by atoms with E-state index in [2.05, 4.69) is 15.6 Å². The van der Waals surface area contributed by atoms with Crippen LogP contribution in [0.15, 0.2) is 33.7 Å². The van der Waals surface area contributed by atoms with Crippen LogP contribution < -0.4 is 21.1 Å². The fourth-order valence-electron chi connectivity index (χ4n) is 2.08. The van der Waals surface area contributed by atoms with E-state index in [-0.39, 0.29) is 36.3 Å². The molecule has 0 spiro atoms. The van der Waals surface area contributed by atoms with Crippen LogP contribution >= 0.6 is 58.8 Å². The van der Waals surface area contributed by atoms with E-state index in [1.165, 1.54) is 6.07 Å². The van der Waals surface area contributed by atoms with Crippen LogP contribution in [0.25, 0.3) is 0 Å². The molecule has 0 radical (unpaired) electrons. The van der Waals surface area contributed by atoms with E-state index in [1.807, 2.05) is 6.92 Å². The number of primary amides is 1. The third-order valence-corrected chi connectivity index (χ3v) is 4.03. The average Bonchev–Trinajstić information content (AvgIpc) is 3.07. The monoisotopic (exact) mass is 560 g/mol. The number of hydrogen-bond donors (Lipinski definition) is 3. The number of halogens is 4. The Kier molecular flexibility index (Phi) is 10.8. The number of guanidine groups is 1. The molecule has 0 atom stereocenters. The zero-order valence-electron chi connectivity index (χ0n) is 14.9. The first-order chi connectivity index (χ1) is 12.9.